The van der Waals surface area contributed by atoms with Gasteiger partial charge in [-0.3, -0.25) is 4.79 Å². The van der Waals surface area contributed by atoms with Crippen LogP contribution in [-0.4, -0.2) is 18.5 Å². The summed E-state index contributed by atoms with van der Waals surface area (Å²) < 4.78 is 10.6. The minimum atomic E-state index is -0.126. The fourth-order valence-corrected chi connectivity index (χ4v) is 2.94. The summed E-state index contributed by atoms with van der Waals surface area (Å²) in [7, 11) is 0. The summed E-state index contributed by atoms with van der Waals surface area (Å²) in [6.45, 7) is 0.257. The maximum absolute atomic E-state index is 12.0. The van der Waals surface area contributed by atoms with Crippen LogP contribution in [0.2, 0.25) is 0 Å². The van der Waals surface area contributed by atoms with E-state index in [2.05, 4.69) is 11.4 Å². The quantitative estimate of drug-likeness (QED) is 0.914. The Bertz CT molecular complexity index is 771. The highest BCUT2D eigenvalue weighted by Crippen LogP contribution is 2.33. The molecular weight excluding hydrogens is 312 g/mol. The number of anilines is 1. The van der Waals surface area contributed by atoms with Gasteiger partial charge in [-0.2, -0.15) is 5.26 Å². The molecule has 0 bridgehead atoms. The second kappa shape index (κ2) is 7.07. The molecule has 0 spiro atoms. The van der Waals surface area contributed by atoms with E-state index in [1.807, 2.05) is 18.2 Å². The average molecular weight is 326 g/mol. The maximum Gasteiger partial charge on any atom is 0.234 e. The van der Waals surface area contributed by atoms with Crippen molar-refractivity contribution < 1.29 is 14.3 Å². The fraction of sp³-hybridized carbons (Fsp3) is 0.176. The van der Waals surface area contributed by atoms with Gasteiger partial charge in [-0.05, 0) is 29.8 Å². The topological polar surface area (TPSA) is 71.4 Å². The molecule has 1 N–H and O–H groups in total. The number of carbonyl (C=O) groups is 1. The number of thioether (sulfide) groups is 1. The Morgan fingerprint density at radius 1 is 1.22 bits per heavy atom. The van der Waals surface area contributed by atoms with Gasteiger partial charge in [0.15, 0.2) is 11.5 Å². The van der Waals surface area contributed by atoms with Gasteiger partial charge in [0.1, 0.15) is 6.07 Å². The van der Waals surface area contributed by atoms with Crippen molar-refractivity contribution in [3.05, 3.63) is 53.6 Å². The van der Waals surface area contributed by atoms with Gasteiger partial charge in [0.25, 0.3) is 0 Å². The van der Waals surface area contributed by atoms with Crippen LogP contribution in [0.15, 0.2) is 42.5 Å². The molecule has 0 saturated carbocycles. The van der Waals surface area contributed by atoms with E-state index in [0.717, 1.165) is 17.1 Å². The Morgan fingerprint density at radius 2 is 2.04 bits per heavy atom. The van der Waals surface area contributed by atoms with E-state index in [-0.39, 0.29) is 12.7 Å². The number of hydrogen-bond acceptors (Lipinski definition) is 5. The van der Waals surface area contributed by atoms with Gasteiger partial charge >= 0.3 is 0 Å². The lowest BCUT2D eigenvalue weighted by Gasteiger charge is -2.07. The lowest BCUT2D eigenvalue weighted by atomic mass is 10.2. The summed E-state index contributed by atoms with van der Waals surface area (Å²) in [5, 5.41) is 11.8. The van der Waals surface area contributed by atoms with E-state index >= 15 is 0 Å². The Morgan fingerprint density at radius 3 is 2.91 bits per heavy atom. The average Bonchev–Trinajstić information content (AvgIpc) is 3.03. The third-order valence-electron chi connectivity index (χ3n) is 3.26. The first-order valence-electron chi connectivity index (χ1n) is 7.01. The SMILES string of the molecule is N#Cc1ccccc1NC(=O)CSCc1ccc2c(c1)OCO2. The molecule has 0 aliphatic carbocycles. The summed E-state index contributed by atoms with van der Waals surface area (Å²) in [6.07, 6.45) is 0. The molecule has 5 nitrogen and oxygen atoms in total. The summed E-state index contributed by atoms with van der Waals surface area (Å²) in [5.41, 5.74) is 2.08. The Balaban J connectivity index is 1.51. The minimum absolute atomic E-state index is 0.126. The molecule has 6 heteroatoms. The van der Waals surface area contributed by atoms with Gasteiger partial charge in [0, 0.05) is 5.75 Å². The number of carbonyl (C=O) groups excluding carboxylic acids is 1. The number of hydrogen-bond donors (Lipinski definition) is 1. The van der Waals surface area contributed by atoms with Gasteiger partial charge < -0.3 is 14.8 Å². The third kappa shape index (κ3) is 3.76. The van der Waals surface area contributed by atoms with Crippen LogP contribution in [0, 0.1) is 11.3 Å². The highest BCUT2D eigenvalue weighted by molar-refractivity contribution is 7.99. The van der Waals surface area contributed by atoms with Crippen molar-refractivity contribution in [1.82, 2.24) is 0 Å². The summed E-state index contributed by atoms with van der Waals surface area (Å²) in [6, 6.07) is 14.8. The highest BCUT2D eigenvalue weighted by atomic mass is 32.2. The molecule has 0 unspecified atom stereocenters. The second-order valence-electron chi connectivity index (χ2n) is 4.89. The van der Waals surface area contributed by atoms with Crippen LogP contribution < -0.4 is 14.8 Å². The Labute approximate surface area is 138 Å². The maximum atomic E-state index is 12.0. The van der Waals surface area contributed by atoms with Crippen molar-refractivity contribution in [3.8, 4) is 17.6 Å². The molecule has 1 aliphatic rings. The van der Waals surface area contributed by atoms with Gasteiger partial charge in [-0.1, -0.05) is 18.2 Å². The number of rotatable bonds is 5. The molecule has 2 aromatic rings. The molecule has 1 aliphatic heterocycles. The van der Waals surface area contributed by atoms with Crippen LogP contribution in [0.3, 0.4) is 0 Å². The summed E-state index contributed by atoms with van der Waals surface area (Å²) >= 11 is 1.50. The molecule has 0 atom stereocenters. The molecular formula is C17H14N2O3S. The first-order valence-corrected chi connectivity index (χ1v) is 8.17. The summed E-state index contributed by atoms with van der Waals surface area (Å²) in [4.78, 5) is 12.0. The van der Waals surface area contributed by atoms with E-state index in [4.69, 9.17) is 14.7 Å². The molecule has 1 heterocycles. The molecule has 0 saturated heterocycles. The van der Waals surface area contributed by atoms with Crippen LogP contribution in [0.4, 0.5) is 5.69 Å². The number of amides is 1. The lowest BCUT2D eigenvalue weighted by Crippen LogP contribution is -2.15. The van der Waals surface area contributed by atoms with E-state index in [1.165, 1.54) is 11.8 Å². The zero-order valence-corrected chi connectivity index (χ0v) is 13.1. The number of benzene rings is 2. The van der Waals surface area contributed by atoms with Crippen LogP contribution in [-0.2, 0) is 10.5 Å². The standard InChI is InChI=1S/C17H14N2O3S/c18-8-13-3-1-2-4-14(13)19-17(20)10-23-9-12-5-6-15-16(7-12)22-11-21-15/h1-7H,9-11H2,(H,19,20). The van der Waals surface area contributed by atoms with Gasteiger partial charge in [0.2, 0.25) is 12.7 Å². The van der Waals surface area contributed by atoms with Crippen molar-refractivity contribution >= 4 is 23.4 Å². The molecule has 0 radical (unpaired) electrons. The molecule has 1 amide bonds. The number of nitrogens with one attached hydrogen (secondary N) is 1. The zero-order chi connectivity index (χ0) is 16.1. The predicted molar refractivity (Wildman–Crippen MR) is 88.5 cm³/mol. The smallest absolute Gasteiger partial charge is 0.234 e. The fourth-order valence-electron chi connectivity index (χ4n) is 2.17. The number of para-hydroxylation sites is 1. The Hall–Kier alpha value is -2.65. The van der Waals surface area contributed by atoms with Crippen LogP contribution in [0.5, 0.6) is 11.5 Å². The first kappa shape index (κ1) is 15.3. The van der Waals surface area contributed by atoms with E-state index in [1.54, 1.807) is 24.3 Å². The van der Waals surface area contributed by atoms with Crippen molar-refractivity contribution in [2.45, 2.75) is 5.75 Å². The monoisotopic (exact) mass is 326 g/mol. The predicted octanol–water partition coefficient (Wildman–Crippen LogP) is 3.16. The van der Waals surface area contributed by atoms with Crippen molar-refractivity contribution in [2.24, 2.45) is 0 Å². The number of ether oxygens (including phenoxy) is 2. The molecule has 116 valence electrons. The number of nitriles is 1. The minimum Gasteiger partial charge on any atom is -0.454 e. The van der Waals surface area contributed by atoms with Gasteiger partial charge in [-0.15, -0.1) is 11.8 Å². The molecule has 23 heavy (non-hydrogen) atoms. The first-order chi connectivity index (χ1) is 11.3. The molecule has 2 aromatic carbocycles. The van der Waals surface area contributed by atoms with Gasteiger partial charge in [0.05, 0.1) is 17.0 Å². The highest BCUT2D eigenvalue weighted by Gasteiger charge is 2.13. The molecule has 3 rings (SSSR count). The van der Waals surface area contributed by atoms with E-state index < -0.39 is 0 Å². The van der Waals surface area contributed by atoms with Crippen LogP contribution in [0.1, 0.15) is 11.1 Å². The van der Waals surface area contributed by atoms with Crippen molar-refractivity contribution in [2.75, 3.05) is 17.9 Å². The molecule has 0 aromatic heterocycles. The molecule has 0 fully saturated rings. The third-order valence-corrected chi connectivity index (χ3v) is 4.26. The van der Waals surface area contributed by atoms with Gasteiger partial charge in [-0.25, -0.2) is 0 Å². The summed E-state index contributed by atoms with van der Waals surface area (Å²) in [5.74, 6) is 2.39. The van der Waals surface area contributed by atoms with Crippen LogP contribution >= 0.6 is 11.8 Å². The number of nitrogens with zero attached hydrogens (tertiary/aromatic N) is 1. The largest absolute Gasteiger partial charge is 0.454 e. The zero-order valence-electron chi connectivity index (χ0n) is 12.2. The second-order valence-corrected chi connectivity index (χ2v) is 5.87. The van der Waals surface area contributed by atoms with E-state index in [9.17, 15) is 4.79 Å². The van der Waals surface area contributed by atoms with Crippen molar-refractivity contribution in [3.63, 3.8) is 0 Å². The van der Waals surface area contributed by atoms with E-state index in [0.29, 0.717) is 22.8 Å². The van der Waals surface area contributed by atoms with Crippen LogP contribution in [0.25, 0.3) is 0 Å². The Kier molecular flexibility index (Phi) is 4.69. The lowest BCUT2D eigenvalue weighted by molar-refractivity contribution is -0.113. The number of fused-ring (bicyclic) bond motifs is 1. The normalized spacial score (nSPS) is 11.8. The van der Waals surface area contributed by atoms with Crippen molar-refractivity contribution in [1.29, 1.82) is 5.26 Å².